The Bertz CT molecular complexity index is 1240. The standard InChI is InChI=1S/C21H14BrN3O3S/c1-12-6-7-13(10-18(12)25(27)28)20(26)23-16-9-8-14(22)11-15(16)21-24-17-4-2-3-5-19(17)29-21/h2-11H,1H3,(H,23,26). The van der Waals surface area contributed by atoms with E-state index in [4.69, 9.17) is 0 Å². The first-order valence-electron chi connectivity index (χ1n) is 8.64. The summed E-state index contributed by atoms with van der Waals surface area (Å²) in [5.74, 6) is -0.419. The highest BCUT2D eigenvalue weighted by Gasteiger charge is 2.17. The van der Waals surface area contributed by atoms with E-state index in [1.54, 1.807) is 25.1 Å². The van der Waals surface area contributed by atoms with Crippen LogP contribution in [0.4, 0.5) is 11.4 Å². The van der Waals surface area contributed by atoms with Gasteiger partial charge in [-0.25, -0.2) is 4.98 Å². The van der Waals surface area contributed by atoms with Gasteiger partial charge in [0.15, 0.2) is 0 Å². The lowest BCUT2D eigenvalue weighted by atomic mass is 10.1. The number of benzene rings is 3. The van der Waals surface area contributed by atoms with Crippen molar-refractivity contribution in [2.75, 3.05) is 5.32 Å². The molecule has 3 aromatic carbocycles. The number of nitro groups is 1. The van der Waals surface area contributed by atoms with Crippen LogP contribution in [0.25, 0.3) is 20.8 Å². The minimum absolute atomic E-state index is 0.0835. The minimum atomic E-state index is -0.488. The van der Waals surface area contributed by atoms with Crippen LogP contribution in [0, 0.1) is 17.0 Å². The minimum Gasteiger partial charge on any atom is -0.321 e. The third-order valence-corrected chi connectivity index (χ3v) is 5.99. The van der Waals surface area contributed by atoms with Crippen molar-refractivity contribution in [2.24, 2.45) is 0 Å². The van der Waals surface area contributed by atoms with Crippen molar-refractivity contribution in [1.29, 1.82) is 0 Å². The van der Waals surface area contributed by atoms with Crippen LogP contribution in [0.15, 0.2) is 65.1 Å². The zero-order valence-electron chi connectivity index (χ0n) is 15.2. The summed E-state index contributed by atoms with van der Waals surface area (Å²) < 4.78 is 1.91. The molecule has 0 saturated carbocycles. The number of halogens is 1. The van der Waals surface area contributed by atoms with Crippen LogP contribution >= 0.6 is 27.3 Å². The molecule has 1 amide bonds. The summed E-state index contributed by atoms with van der Waals surface area (Å²) in [6.07, 6.45) is 0. The zero-order chi connectivity index (χ0) is 20.5. The summed E-state index contributed by atoms with van der Waals surface area (Å²) >= 11 is 5.00. The summed E-state index contributed by atoms with van der Waals surface area (Å²) in [5, 5.41) is 14.8. The number of carbonyl (C=O) groups excluding carboxylic acids is 1. The monoisotopic (exact) mass is 467 g/mol. The first-order chi connectivity index (χ1) is 13.9. The fourth-order valence-electron chi connectivity index (χ4n) is 2.93. The highest BCUT2D eigenvalue weighted by molar-refractivity contribution is 9.10. The molecule has 0 unspecified atom stereocenters. The molecule has 0 aliphatic carbocycles. The SMILES string of the molecule is Cc1ccc(C(=O)Nc2ccc(Br)cc2-c2nc3ccccc3s2)cc1[N+](=O)[O-]. The number of hydrogen-bond acceptors (Lipinski definition) is 5. The smallest absolute Gasteiger partial charge is 0.273 e. The molecule has 0 aliphatic heterocycles. The lowest BCUT2D eigenvalue weighted by Gasteiger charge is -2.10. The molecule has 0 atom stereocenters. The molecule has 6 nitrogen and oxygen atoms in total. The van der Waals surface area contributed by atoms with Crippen LogP contribution in [0.2, 0.25) is 0 Å². The number of fused-ring (bicyclic) bond motifs is 1. The van der Waals surface area contributed by atoms with Gasteiger partial charge in [-0.15, -0.1) is 11.3 Å². The summed E-state index contributed by atoms with van der Waals surface area (Å²) in [5.41, 5.74) is 2.89. The van der Waals surface area contributed by atoms with E-state index in [0.29, 0.717) is 11.3 Å². The van der Waals surface area contributed by atoms with E-state index < -0.39 is 10.8 Å². The third-order valence-electron chi connectivity index (χ3n) is 4.42. The molecule has 4 aromatic rings. The van der Waals surface area contributed by atoms with Crippen molar-refractivity contribution in [3.05, 3.63) is 86.4 Å². The van der Waals surface area contributed by atoms with Crippen molar-refractivity contribution in [3.63, 3.8) is 0 Å². The second-order valence-corrected chi connectivity index (χ2v) is 8.34. The van der Waals surface area contributed by atoms with Gasteiger partial charge in [0, 0.05) is 27.2 Å². The lowest BCUT2D eigenvalue weighted by molar-refractivity contribution is -0.385. The van der Waals surface area contributed by atoms with Gasteiger partial charge in [-0.1, -0.05) is 34.1 Å². The molecule has 0 radical (unpaired) electrons. The van der Waals surface area contributed by atoms with Crippen molar-refractivity contribution >= 4 is 54.8 Å². The Balaban J connectivity index is 1.72. The van der Waals surface area contributed by atoms with Crippen molar-refractivity contribution < 1.29 is 9.72 Å². The highest BCUT2D eigenvalue weighted by Crippen LogP contribution is 2.36. The molecule has 0 saturated heterocycles. The van der Waals surface area contributed by atoms with Gasteiger partial charge >= 0.3 is 0 Å². The Labute approximate surface area is 178 Å². The fourth-order valence-corrected chi connectivity index (χ4v) is 4.29. The molecule has 29 heavy (non-hydrogen) atoms. The number of hydrogen-bond donors (Lipinski definition) is 1. The molecule has 0 bridgehead atoms. The Morgan fingerprint density at radius 3 is 2.69 bits per heavy atom. The van der Waals surface area contributed by atoms with Crippen LogP contribution in [-0.2, 0) is 0 Å². The number of amides is 1. The van der Waals surface area contributed by atoms with Gasteiger partial charge in [-0.3, -0.25) is 14.9 Å². The van der Waals surface area contributed by atoms with E-state index in [0.717, 1.165) is 25.3 Å². The van der Waals surface area contributed by atoms with Crippen molar-refractivity contribution in [1.82, 2.24) is 4.98 Å². The van der Waals surface area contributed by atoms with Gasteiger partial charge in [-0.05, 0) is 43.3 Å². The maximum atomic E-state index is 12.8. The summed E-state index contributed by atoms with van der Waals surface area (Å²) in [6, 6.07) is 17.8. The lowest BCUT2D eigenvalue weighted by Crippen LogP contribution is -2.13. The predicted octanol–water partition coefficient (Wildman–Crippen LogP) is 6.19. The third kappa shape index (κ3) is 3.90. The van der Waals surface area contributed by atoms with Crippen molar-refractivity contribution in [2.45, 2.75) is 6.92 Å². The first-order valence-corrected chi connectivity index (χ1v) is 10.3. The number of aromatic nitrogens is 1. The number of carbonyl (C=O) groups is 1. The number of nitrogens with one attached hydrogen (secondary N) is 1. The van der Waals surface area contributed by atoms with Gasteiger partial charge in [0.1, 0.15) is 5.01 Å². The molecule has 0 aliphatic rings. The highest BCUT2D eigenvalue weighted by atomic mass is 79.9. The van der Waals surface area contributed by atoms with E-state index >= 15 is 0 Å². The Morgan fingerprint density at radius 1 is 1.14 bits per heavy atom. The molecule has 0 fully saturated rings. The molecule has 144 valence electrons. The quantitative estimate of drug-likeness (QED) is 0.286. The maximum absolute atomic E-state index is 12.8. The Kier molecular flexibility index (Phi) is 5.12. The van der Waals surface area contributed by atoms with E-state index in [2.05, 4.69) is 26.2 Å². The number of nitrogens with zero attached hydrogens (tertiary/aromatic N) is 2. The van der Waals surface area contributed by atoms with Crippen LogP contribution in [-0.4, -0.2) is 15.8 Å². The summed E-state index contributed by atoms with van der Waals surface area (Å²) in [6.45, 7) is 1.64. The van der Waals surface area contributed by atoms with E-state index in [9.17, 15) is 14.9 Å². The summed E-state index contributed by atoms with van der Waals surface area (Å²) in [7, 11) is 0. The van der Waals surface area contributed by atoms with Gasteiger partial charge in [0.25, 0.3) is 11.6 Å². The van der Waals surface area contributed by atoms with Gasteiger partial charge in [-0.2, -0.15) is 0 Å². The molecule has 4 rings (SSSR count). The number of nitro benzene ring substituents is 1. The Hall–Kier alpha value is -3.10. The molecular formula is C21H14BrN3O3S. The number of para-hydroxylation sites is 1. The second-order valence-electron chi connectivity index (χ2n) is 6.39. The average molecular weight is 468 g/mol. The molecule has 8 heteroatoms. The number of rotatable bonds is 4. The van der Waals surface area contributed by atoms with E-state index in [-0.39, 0.29) is 11.3 Å². The van der Waals surface area contributed by atoms with Gasteiger partial charge < -0.3 is 5.32 Å². The van der Waals surface area contributed by atoms with Crippen molar-refractivity contribution in [3.8, 4) is 10.6 Å². The van der Waals surface area contributed by atoms with Gasteiger partial charge in [0.2, 0.25) is 0 Å². The maximum Gasteiger partial charge on any atom is 0.273 e. The molecular weight excluding hydrogens is 454 g/mol. The fraction of sp³-hybridized carbons (Fsp3) is 0.0476. The number of anilines is 1. The van der Waals surface area contributed by atoms with Gasteiger partial charge in [0.05, 0.1) is 20.8 Å². The Morgan fingerprint density at radius 2 is 1.93 bits per heavy atom. The van der Waals surface area contributed by atoms with E-state index in [1.807, 2.05) is 36.4 Å². The van der Waals surface area contributed by atoms with Crippen LogP contribution < -0.4 is 5.32 Å². The molecule has 1 heterocycles. The average Bonchev–Trinajstić information content (AvgIpc) is 3.13. The van der Waals surface area contributed by atoms with Crippen LogP contribution in [0.5, 0.6) is 0 Å². The summed E-state index contributed by atoms with van der Waals surface area (Å²) in [4.78, 5) is 28.1. The number of thiazole rings is 1. The first kappa shape index (κ1) is 19.2. The van der Waals surface area contributed by atoms with E-state index in [1.165, 1.54) is 17.4 Å². The zero-order valence-corrected chi connectivity index (χ0v) is 17.6. The van der Waals surface area contributed by atoms with Crippen LogP contribution in [0.1, 0.15) is 15.9 Å². The van der Waals surface area contributed by atoms with Crippen LogP contribution in [0.3, 0.4) is 0 Å². The molecule has 1 aromatic heterocycles. The number of aryl methyl sites for hydroxylation is 1. The molecule has 1 N–H and O–H groups in total. The topological polar surface area (TPSA) is 85.1 Å². The predicted molar refractivity (Wildman–Crippen MR) is 119 cm³/mol. The normalized spacial score (nSPS) is 10.8. The second kappa shape index (κ2) is 7.73. The largest absolute Gasteiger partial charge is 0.321 e. The molecule has 0 spiro atoms.